The maximum Gasteiger partial charge on any atom is 0.335 e. The molecule has 1 aliphatic carbocycles. The van der Waals surface area contributed by atoms with Gasteiger partial charge < -0.3 is 14.6 Å². The number of ether oxygens (including phenoxy) is 2. The standard InChI is InChI=1S/C29H42O5/c1-5-6-7-8-23-9-13-25(14-10-23)26-15-11-24(12-16-26)19-27(34-28(31)21(2)3)17-18-33-29(32)22(4)20-30/h11-12,15-16,23,25,27,30H,2,4-10,13-14,17-20H2,1,3H3. The van der Waals surface area contributed by atoms with Crippen molar-refractivity contribution in [3.63, 3.8) is 0 Å². The SMILES string of the molecule is C=C(C)C(=O)OC(CCOC(=O)C(=C)CO)Cc1ccc(C2CCC(CCCCC)CC2)cc1. The van der Waals surface area contributed by atoms with Gasteiger partial charge in [0, 0.05) is 18.4 Å². The molecule has 0 spiro atoms. The van der Waals surface area contributed by atoms with E-state index >= 15 is 0 Å². The van der Waals surface area contributed by atoms with E-state index in [4.69, 9.17) is 14.6 Å². The predicted molar refractivity (Wildman–Crippen MR) is 135 cm³/mol. The summed E-state index contributed by atoms with van der Waals surface area (Å²) in [5.41, 5.74) is 2.79. The van der Waals surface area contributed by atoms with Gasteiger partial charge in [-0.15, -0.1) is 0 Å². The third-order valence-electron chi connectivity index (χ3n) is 6.75. The highest BCUT2D eigenvalue weighted by molar-refractivity contribution is 5.88. The van der Waals surface area contributed by atoms with Gasteiger partial charge in [-0.25, -0.2) is 9.59 Å². The molecule has 1 N–H and O–H groups in total. The predicted octanol–water partition coefficient (Wildman–Crippen LogP) is 6.05. The average molecular weight is 471 g/mol. The van der Waals surface area contributed by atoms with Crippen LogP contribution < -0.4 is 0 Å². The van der Waals surface area contributed by atoms with Gasteiger partial charge in [0.2, 0.25) is 0 Å². The van der Waals surface area contributed by atoms with Crippen LogP contribution in [0, 0.1) is 5.92 Å². The summed E-state index contributed by atoms with van der Waals surface area (Å²) in [4.78, 5) is 23.8. The quantitative estimate of drug-likeness (QED) is 0.203. The highest BCUT2D eigenvalue weighted by Crippen LogP contribution is 2.37. The number of carbonyl (C=O) groups is 2. The molecule has 0 saturated heterocycles. The Morgan fingerprint density at radius 1 is 1.06 bits per heavy atom. The lowest BCUT2D eigenvalue weighted by molar-refractivity contribution is -0.146. The highest BCUT2D eigenvalue weighted by Gasteiger charge is 2.22. The van der Waals surface area contributed by atoms with Crippen LogP contribution in [0.25, 0.3) is 0 Å². The van der Waals surface area contributed by atoms with Crippen LogP contribution in [0.5, 0.6) is 0 Å². The largest absolute Gasteiger partial charge is 0.462 e. The van der Waals surface area contributed by atoms with Crippen molar-refractivity contribution in [3.8, 4) is 0 Å². The van der Waals surface area contributed by atoms with E-state index in [1.54, 1.807) is 6.92 Å². The lowest BCUT2D eigenvalue weighted by atomic mass is 9.77. The minimum atomic E-state index is -0.642. The summed E-state index contributed by atoms with van der Waals surface area (Å²) in [6.45, 7) is 10.6. The monoisotopic (exact) mass is 470 g/mol. The average Bonchev–Trinajstić information content (AvgIpc) is 2.84. The third-order valence-corrected chi connectivity index (χ3v) is 6.75. The molecule has 34 heavy (non-hydrogen) atoms. The zero-order valence-electron chi connectivity index (χ0n) is 21.0. The van der Waals surface area contributed by atoms with E-state index in [-0.39, 0.29) is 12.2 Å². The van der Waals surface area contributed by atoms with Crippen LogP contribution in [0.4, 0.5) is 0 Å². The second-order valence-corrected chi connectivity index (χ2v) is 9.65. The van der Waals surface area contributed by atoms with Crippen molar-refractivity contribution in [2.24, 2.45) is 5.92 Å². The van der Waals surface area contributed by atoms with Gasteiger partial charge in [-0.3, -0.25) is 0 Å². The molecule has 0 aliphatic heterocycles. The van der Waals surface area contributed by atoms with Gasteiger partial charge in [-0.1, -0.05) is 70.0 Å². The first kappa shape index (κ1) is 27.8. The van der Waals surface area contributed by atoms with Gasteiger partial charge in [0.05, 0.1) is 18.8 Å². The van der Waals surface area contributed by atoms with Gasteiger partial charge in [0.25, 0.3) is 0 Å². The molecule has 0 heterocycles. The van der Waals surface area contributed by atoms with Crippen molar-refractivity contribution < 1.29 is 24.2 Å². The maximum atomic E-state index is 12.1. The Labute approximate surface area is 205 Å². The molecule has 1 aromatic rings. The second kappa shape index (κ2) is 14.8. The van der Waals surface area contributed by atoms with Crippen LogP contribution in [0.15, 0.2) is 48.6 Å². The molecule has 1 aromatic carbocycles. The Balaban J connectivity index is 1.90. The smallest absolute Gasteiger partial charge is 0.335 e. The normalized spacial score (nSPS) is 18.7. The minimum absolute atomic E-state index is 0.000984. The zero-order valence-corrected chi connectivity index (χ0v) is 21.0. The molecule has 1 saturated carbocycles. The molecular weight excluding hydrogens is 428 g/mol. The number of hydrogen-bond donors (Lipinski definition) is 1. The first-order valence-electron chi connectivity index (χ1n) is 12.7. The topological polar surface area (TPSA) is 72.8 Å². The molecule has 0 radical (unpaired) electrons. The first-order valence-corrected chi connectivity index (χ1v) is 12.7. The van der Waals surface area contributed by atoms with Gasteiger partial charge in [0.1, 0.15) is 6.10 Å². The minimum Gasteiger partial charge on any atom is -0.462 e. The fourth-order valence-electron chi connectivity index (χ4n) is 4.56. The Hall–Kier alpha value is -2.40. The van der Waals surface area contributed by atoms with Gasteiger partial charge in [0.15, 0.2) is 0 Å². The summed E-state index contributed by atoms with van der Waals surface area (Å²) in [6, 6.07) is 8.65. The Morgan fingerprint density at radius 3 is 2.32 bits per heavy atom. The maximum absolute atomic E-state index is 12.1. The zero-order chi connectivity index (χ0) is 24.9. The molecule has 5 nitrogen and oxygen atoms in total. The number of benzene rings is 1. The molecule has 188 valence electrons. The van der Waals surface area contributed by atoms with Crippen molar-refractivity contribution in [1.29, 1.82) is 0 Å². The molecule has 0 amide bonds. The fraction of sp³-hybridized carbons (Fsp3) is 0.586. The number of aliphatic hydroxyl groups excluding tert-OH is 1. The van der Waals surface area contributed by atoms with Crippen LogP contribution >= 0.6 is 0 Å². The highest BCUT2D eigenvalue weighted by atomic mass is 16.6. The molecule has 5 heteroatoms. The fourth-order valence-corrected chi connectivity index (χ4v) is 4.56. The van der Waals surface area contributed by atoms with Crippen molar-refractivity contribution >= 4 is 11.9 Å². The van der Waals surface area contributed by atoms with E-state index in [1.165, 1.54) is 56.9 Å². The van der Waals surface area contributed by atoms with Crippen LogP contribution in [0.2, 0.25) is 0 Å². The van der Waals surface area contributed by atoms with Gasteiger partial charge >= 0.3 is 11.9 Å². The summed E-state index contributed by atoms with van der Waals surface area (Å²) in [7, 11) is 0. The van der Waals surface area contributed by atoms with E-state index in [9.17, 15) is 9.59 Å². The number of hydrogen-bond acceptors (Lipinski definition) is 5. The Kier molecular flexibility index (Phi) is 12.1. The summed E-state index contributed by atoms with van der Waals surface area (Å²) >= 11 is 0. The van der Waals surface area contributed by atoms with E-state index < -0.39 is 24.6 Å². The Bertz CT molecular complexity index is 802. The van der Waals surface area contributed by atoms with Crippen LogP contribution in [-0.2, 0) is 25.5 Å². The van der Waals surface area contributed by atoms with Gasteiger partial charge in [-0.2, -0.15) is 0 Å². The first-order chi connectivity index (χ1) is 16.3. The summed E-state index contributed by atoms with van der Waals surface area (Å²) in [5, 5.41) is 8.98. The van der Waals surface area contributed by atoms with Crippen LogP contribution in [-0.4, -0.2) is 36.4 Å². The lowest BCUT2D eigenvalue weighted by Crippen LogP contribution is -2.24. The van der Waals surface area contributed by atoms with E-state index in [2.05, 4.69) is 44.3 Å². The number of unbranched alkanes of at least 4 members (excludes halogenated alkanes) is 2. The number of rotatable bonds is 14. The van der Waals surface area contributed by atoms with Crippen LogP contribution in [0.1, 0.15) is 88.7 Å². The van der Waals surface area contributed by atoms with Crippen molar-refractivity contribution in [3.05, 3.63) is 59.7 Å². The van der Waals surface area contributed by atoms with Crippen LogP contribution in [0.3, 0.4) is 0 Å². The molecular formula is C29H42O5. The molecule has 0 aromatic heterocycles. The number of aliphatic hydroxyl groups is 1. The lowest BCUT2D eigenvalue weighted by Gasteiger charge is -2.29. The molecule has 1 fully saturated rings. The van der Waals surface area contributed by atoms with Gasteiger partial charge in [-0.05, 0) is 55.6 Å². The number of esters is 2. The molecule has 2 rings (SSSR count). The second-order valence-electron chi connectivity index (χ2n) is 9.65. The summed E-state index contributed by atoms with van der Waals surface area (Å²) in [5.74, 6) is 0.433. The molecule has 1 unspecified atom stereocenters. The van der Waals surface area contributed by atoms with Crippen molar-refractivity contribution in [2.45, 2.75) is 90.1 Å². The van der Waals surface area contributed by atoms with Crippen molar-refractivity contribution in [1.82, 2.24) is 0 Å². The molecule has 1 aliphatic rings. The van der Waals surface area contributed by atoms with E-state index in [1.807, 2.05) is 0 Å². The third kappa shape index (κ3) is 9.46. The number of carbonyl (C=O) groups excluding carboxylic acids is 2. The summed E-state index contributed by atoms with van der Waals surface area (Å²) in [6.07, 6.45) is 11.0. The van der Waals surface area contributed by atoms with E-state index in [0.29, 0.717) is 24.3 Å². The summed E-state index contributed by atoms with van der Waals surface area (Å²) < 4.78 is 10.7. The Morgan fingerprint density at radius 2 is 1.74 bits per heavy atom. The van der Waals surface area contributed by atoms with Crippen molar-refractivity contribution in [2.75, 3.05) is 13.2 Å². The molecule has 0 bridgehead atoms. The molecule has 1 atom stereocenters. The van der Waals surface area contributed by atoms with E-state index in [0.717, 1.165) is 11.5 Å².